The topological polar surface area (TPSA) is 34.1 Å². The molecule has 0 amide bonds. The molecule has 3 rings (SSSR count). The highest BCUT2D eigenvalue weighted by atomic mass is 16.1. The molecule has 2 aromatic rings. The lowest BCUT2D eigenvalue weighted by atomic mass is 9.84. The van der Waals surface area contributed by atoms with Gasteiger partial charge in [0.15, 0.2) is 11.6 Å². The first kappa shape index (κ1) is 14.2. The first-order valence-electron chi connectivity index (χ1n) is 6.98. The van der Waals surface area contributed by atoms with Gasteiger partial charge in [0.25, 0.3) is 0 Å². The summed E-state index contributed by atoms with van der Waals surface area (Å²) >= 11 is 0. The second-order valence-corrected chi connectivity index (χ2v) is 4.75. The van der Waals surface area contributed by atoms with E-state index in [-0.39, 0.29) is 11.6 Å². The van der Waals surface area contributed by atoms with Crippen molar-refractivity contribution in [3.8, 4) is 0 Å². The van der Waals surface area contributed by atoms with E-state index in [2.05, 4.69) is 13.8 Å². The summed E-state index contributed by atoms with van der Waals surface area (Å²) in [5, 5.41) is 0. The Morgan fingerprint density at radius 2 is 0.850 bits per heavy atom. The van der Waals surface area contributed by atoms with Crippen molar-refractivity contribution in [1.29, 1.82) is 0 Å². The maximum Gasteiger partial charge on any atom is 0.194 e. The van der Waals surface area contributed by atoms with Crippen LogP contribution in [0.25, 0.3) is 0 Å². The van der Waals surface area contributed by atoms with Gasteiger partial charge in [-0.2, -0.15) is 0 Å². The summed E-state index contributed by atoms with van der Waals surface area (Å²) in [5.41, 5.74) is 2.02. The van der Waals surface area contributed by atoms with Gasteiger partial charge in [-0.3, -0.25) is 9.59 Å². The molecule has 0 unspecified atom stereocenters. The number of fused-ring (bicyclic) bond motifs is 2. The van der Waals surface area contributed by atoms with Gasteiger partial charge in [-0.1, -0.05) is 75.2 Å². The van der Waals surface area contributed by atoms with E-state index in [1.807, 2.05) is 0 Å². The second-order valence-electron chi connectivity index (χ2n) is 4.75. The van der Waals surface area contributed by atoms with Gasteiger partial charge in [0, 0.05) is 22.3 Å². The minimum atomic E-state index is -0.0641. The SMILES string of the molecule is CCCC.O=C1c2ccccc2C(=O)c2ccccc21. The van der Waals surface area contributed by atoms with Crippen LogP contribution in [0, 0.1) is 0 Å². The van der Waals surface area contributed by atoms with Crippen molar-refractivity contribution in [2.24, 2.45) is 0 Å². The largest absolute Gasteiger partial charge is 0.289 e. The van der Waals surface area contributed by atoms with Crippen molar-refractivity contribution < 1.29 is 9.59 Å². The summed E-state index contributed by atoms with van der Waals surface area (Å²) in [7, 11) is 0. The molecule has 0 atom stereocenters. The van der Waals surface area contributed by atoms with Crippen LogP contribution in [0.15, 0.2) is 48.5 Å². The molecule has 0 radical (unpaired) electrons. The Bertz CT molecular complexity index is 534. The van der Waals surface area contributed by atoms with E-state index in [4.69, 9.17) is 0 Å². The van der Waals surface area contributed by atoms with Gasteiger partial charge in [0.05, 0.1) is 0 Å². The fraction of sp³-hybridized carbons (Fsp3) is 0.222. The molecule has 0 N–H and O–H groups in total. The van der Waals surface area contributed by atoms with Crippen molar-refractivity contribution in [2.45, 2.75) is 26.7 Å². The zero-order valence-corrected chi connectivity index (χ0v) is 11.8. The first-order chi connectivity index (χ1) is 9.70. The van der Waals surface area contributed by atoms with Crippen LogP contribution >= 0.6 is 0 Å². The molecule has 2 aromatic carbocycles. The van der Waals surface area contributed by atoms with Crippen LogP contribution < -0.4 is 0 Å². The minimum Gasteiger partial charge on any atom is -0.289 e. The Morgan fingerprint density at radius 3 is 1.05 bits per heavy atom. The van der Waals surface area contributed by atoms with E-state index in [1.165, 1.54) is 12.8 Å². The molecule has 0 aliphatic heterocycles. The van der Waals surface area contributed by atoms with Crippen molar-refractivity contribution in [3.63, 3.8) is 0 Å². The van der Waals surface area contributed by atoms with E-state index in [9.17, 15) is 9.59 Å². The molecule has 2 heteroatoms. The van der Waals surface area contributed by atoms with E-state index in [0.29, 0.717) is 22.3 Å². The third-order valence-electron chi connectivity index (χ3n) is 3.33. The van der Waals surface area contributed by atoms with Crippen molar-refractivity contribution in [3.05, 3.63) is 70.8 Å². The highest BCUT2D eigenvalue weighted by Gasteiger charge is 2.28. The molecule has 0 heterocycles. The van der Waals surface area contributed by atoms with E-state index >= 15 is 0 Å². The Hall–Kier alpha value is -2.22. The van der Waals surface area contributed by atoms with Gasteiger partial charge in [-0.05, 0) is 0 Å². The standard InChI is InChI=1S/C14H8O2.C4H10/c15-13-9-5-1-2-6-10(9)14(16)12-8-4-3-7-11(12)13;1-3-4-2/h1-8H;3-4H2,1-2H3. The van der Waals surface area contributed by atoms with E-state index in [0.717, 1.165) is 0 Å². The Balaban J connectivity index is 0.000000328. The molecule has 0 aromatic heterocycles. The number of carbonyl (C=O) groups excluding carboxylic acids is 2. The molecular formula is C18H18O2. The van der Waals surface area contributed by atoms with Crippen LogP contribution in [-0.4, -0.2) is 11.6 Å². The molecule has 0 spiro atoms. The number of benzene rings is 2. The number of unbranched alkanes of at least 4 members (excludes halogenated alkanes) is 1. The van der Waals surface area contributed by atoms with Gasteiger partial charge < -0.3 is 0 Å². The smallest absolute Gasteiger partial charge is 0.194 e. The predicted octanol–water partition coefficient (Wildman–Crippen LogP) is 4.27. The lowest BCUT2D eigenvalue weighted by Crippen LogP contribution is -2.20. The number of carbonyl (C=O) groups is 2. The summed E-state index contributed by atoms with van der Waals surface area (Å²) in [4.78, 5) is 24.2. The van der Waals surface area contributed by atoms with Crippen LogP contribution in [0.5, 0.6) is 0 Å². The molecule has 2 nitrogen and oxygen atoms in total. The molecule has 1 aliphatic carbocycles. The quantitative estimate of drug-likeness (QED) is 0.659. The molecule has 20 heavy (non-hydrogen) atoms. The summed E-state index contributed by atoms with van der Waals surface area (Å²) in [6.45, 7) is 4.36. The van der Waals surface area contributed by atoms with Crippen molar-refractivity contribution in [1.82, 2.24) is 0 Å². The summed E-state index contributed by atoms with van der Waals surface area (Å²) in [6, 6.07) is 13.9. The molecule has 0 bridgehead atoms. The van der Waals surface area contributed by atoms with Crippen LogP contribution in [0.1, 0.15) is 58.5 Å². The van der Waals surface area contributed by atoms with Crippen LogP contribution in [0.2, 0.25) is 0 Å². The monoisotopic (exact) mass is 266 g/mol. The van der Waals surface area contributed by atoms with Crippen LogP contribution in [-0.2, 0) is 0 Å². The maximum absolute atomic E-state index is 12.1. The molecule has 1 aliphatic rings. The first-order valence-corrected chi connectivity index (χ1v) is 6.98. The minimum absolute atomic E-state index is 0.0641. The summed E-state index contributed by atoms with van der Waals surface area (Å²) < 4.78 is 0. The zero-order chi connectivity index (χ0) is 14.5. The van der Waals surface area contributed by atoms with Gasteiger partial charge in [0.2, 0.25) is 0 Å². The Labute approximate surface area is 119 Å². The molecule has 102 valence electrons. The lowest BCUT2D eigenvalue weighted by Gasteiger charge is -2.16. The molecule has 0 fully saturated rings. The third kappa shape index (κ3) is 2.55. The van der Waals surface area contributed by atoms with E-state index in [1.54, 1.807) is 48.5 Å². The fourth-order valence-electron chi connectivity index (χ4n) is 2.05. The molecule has 0 saturated heterocycles. The van der Waals surface area contributed by atoms with E-state index < -0.39 is 0 Å². The van der Waals surface area contributed by atoms with Gasteiger partial charge >= 0.3 is 0 Å². The van der Waals surface area contributed by atoms with Crippen molar-refractivity contribution >= 4 is 11.6 Å². The second kappa shape index (κ2) is 6.29. The number of hydrogen-bond donors (Lipinski definition) is 0. The average molecular weight is 266 g/mol. The lowest BCUT2D eigenvalue weighted by molar-refractivity contribution is 0.0979. The number of rotatable bonds is 1. The average Bonchev–Trinajstić information content (AvgIpc) is 2.53. The highest BCUT2D eigenvalue weighted by Crippen LogP contribution is 2.26. The van der Waals surface area contributed by atoms with Gasteiger partial charge in [-0.25, -0.2) is 0 Å². The fourth-order valence-corrected chi connectivity index (χ4v) is 2.05. The van der Waals surface area contributed by atoms with Crippen LogP contribution in [0.4, 0.5) is 0 Å². The maximum atomic E-state index is 12.1. The van der Waals surface area contributed by atoms with Crippen molar-refractivity contribution in [2.75, 3.05) is 0 Å². The Morgan fingerprint density at radius 1 is 0.600 bits per heavy atom. The molecule has 0 saturated carbocycles. The zero-order valence-electron chi connectivity index (χ0n) is 11.8. The number of ketones is 2. The summed E-state index contributed by atoms with van der Waals surface area (Å²) in [6.07, 6.45) is 2.64. The van der Waals surface area contributed by atoms with Crippen LogP contribution in [0.3, 0.4) is 0 Å². The molecular weight excluding hydrogens is 248 g/mol. The predicted molar refractivity (Wildman–Crippen MR) is 80.3 cm³/mol. The highest BCUT2D eigenvalue weighted by molar-refractivity contribution is 6.28. The summed E-state index contributed by atoms with van der Waals surface area (Å²) in [5.74, 6) is -0.128. The normalized spacial score (nSPS) is 12.1. The Kier molecular flexibility index (Phi) is 4.46. The third-order valence-corrected chi connectivity index (χ3v) is 3.33. The number of hydrogen-bond acceptors (Lipinski definition) is 2. The van der Waals surface area contributed by atoms with Gasteiger partial charge in [0.1, 0.15) is 0 Å². The van der Waals surface area contributed by atoms with Gasteiger partial charge in [-0.15, -0.1) is 0 Å².